The van der Waals surface area contributed by atoms with Crippen LogP contribution in [0.4, 0.5) is 13.2 Å². The molecule has 1 aromatic carbocycles. The summed E-state index contributed by atoms with van der Waals surface area (Å²) in [7, 11) is 1.57. The number of hydrazone groups is 1. The number of benzene rings is 1. The molecule has 0 aliphatic heterocycles. The van der Waals surface area contributed by atoms with Gasteiger partial charge in [-0.05, 0) is 29.9 Å². The quantitative estimate of drug-likeness (QED) is 0.379. The number of hydrogen-bond donors (Lipinski definition) is 2. The van der Waals surface area contributed by atoms with E-state index in [1.165, 1.54) is 18.3 Å². The summed E-state index contributed by atoms with van der Waals surface area (Å²) < 4.78 is 41.9. The van der Waals surface area contributed by atoms with Crippen LogP contribution in [0.2, 0.25) is 0 Å². The molecular weight excluding hydrogens is 291 g/mol. The van der Waals surface area contributed by atoms with Crippen molar-refractivity contribution in [2.24, 2.45) is 5.10 Å². The Bertz CT molecular complexity index is 460. The number of nitrogens with one attached hydrogen (secondary N) is 2. The van der Waals surface area contributed by atoms with Crippen LogP contribution in [0.15, 0.2) is 29.4 Å². The summed E-state index contributed by atoms with van der Waals surface area (Å²) in [5, 5.41) is 6.95. The van der Waals surface area contributed by atoms with Gasteiger partial charge in [0.1, 0.15) is 0 Å². The molecule has 0 saturated heterocycles. The van der Waals surface area contributed by atoms with Gasteiger partial charge in [-0.25, -0.2) is 0 Å². The first-order valence-corrected chi connectivity index (χ1v) is 6.07. The maximum atomic E-state index is 12.3. The van der Waals surface area contributed by atoms with Crippen LogP contribution in [-0.2, 0) is 10.9 Å². The molecule has 8 heteroatoms. The lowest BCUT2D eigenvalue weighted by atomic mass is 10.1. The highest BCUT2D eigenvalue weighted by molar-refractivity contribution is 7.80. The zero-order chi connectivity index (χ0) is 15.0. The van der Waals surface area contributed by atoms with Crippen LogP contribution in [0.3, 0.4) is 0 Å². The first kappa shape index (κ1) is 16.4. The minimum atomic E-state index is -4.33. The highest BCUT2D eigenvalue weighted by Gasteiger charge is 2.29. The van der Waals surface area contributed by atoms with Gasteiger partial charge >= 0.3 is 6.18 Å². The van der Waals surface area contributed by atoms with Crippen molar-refractivity contribution in [3.05, 3.63) is 35.4 Å². The molecule has 0 fully saturated rings. The molecule has 20 heavy (non-hydrogen) atoms. The van der Waals surface area contributed by atoms with Crippen molar-refractivity contribution in [3.63, 3.8) is 0 Å². The van der Waals surface area contributed by atoms with Gasteiger partial charge in [0.2, 0.25) is 0 Å². The topological polar surface area (TPSA) is 45.6 Å². The number of methoxy groups -OCH3 is 1. The summed E-state index contributed by atoms with van der Waals surface area (Å²) in [5.41, 5.74) is 2.38. The van der Waals surface area contributed by atoms with E-state index in [-0.39, 0.29) is 0 Å². The molecule has 4 nitrogen and oxygen atoms in total. The van der Waals surface area contributed by atoms with Gasteiger partial charge in [-0.1, -0.05) is 12.1 Å². The van der Waals surface area contributed by atoms with E-state index < -0.39 is 11.7 Å². The van der Waals surface area contributed by atoms with Gasteiger partial charge in [0.25, 0.3) is 0 Å². The largest absolute Gasteiger partial charge is 0.416 e. The number of ether oxygens (including phenoxy) is 1. The van der Waals surface area contributed by atoms with Crippen molar-refractivity contribution in [3.8, 4) is 0 Å². The van der Waals surface area contributed by atoms with Gasteiger partial charge in [0.05, 0.1) is 18.4 Å². The third-order valence-electron chi connectivity index (χ3n) is 2.21. The lowest BCUT2D eigenvalue weighted by molar-refractivity contribution is -0.137. The molecule has 1 rings (SSSR count). The van der Waals surface area contributed by atoms with Gasteiger partial charge in [0, 0.05) is 13.7 Å². The van der Waals surface area contributed by atoms with E-state index in [0.29, 0.717) is 23.8 Å². The van der Waals surface area contributed by atoms with Crippen LogP contribution in [-0.4, -0.2) is 31.6 Å². The molecule has 0 radical (unpaired) electrons. The van der Waals surface area contributed by atoms with E-state index in [0.717, 1.165) is 12.1 Å². The Kier molecular flexibility index (Phi) is 6.40. The van der Waals surface area contributed by atoms with Crippen LogP contribution in [0, 0.1) is 0 Å². The molecule has 0 unspecified atom stereocenters. The number of rotatable bonds is 5. The molecule has 0 amide bonds. The van der Waals surface area contributed by atoms with Gasteiger partial charge in [-0.3, -0.25) is 5.43 Å². The van der Waals surface area contributed by atoms with E-state index in [2.05, 4.69) is 15.8 Å². The van der Waals surface area contributed by atoms with E-state index in [1.54, 1.807) is 7.11 Å². The maximum absolute atomic E-state index is 12.3. The van der Waals surface area contributed by atoms with Crippen LogP contribution in [0.25, 0.3) is 0 Å². The molecule has 0 saturated carbocycles. The highest BCUT2D eigenvalue weighted by atomic mass is 32.1. The average Bonchev–Trinajstić information content (AvgIpc) is 2.38. The zero-order valence-electron chi connectivity index (χ0n) is 10.7. The SMILES string of the molecule is COCCNC(=S)N/N=C\c1ccc(C(F)(F)F)cc1. The first-order chi connectivity index (χ1) is 9.43. The van der Waals surface area contributed by atoms with Crippen LogP contribution in [0.1, 0.15) is 11.1 Å². The lowest BCUT2D eigenvalue weighted by Crippen LogP contribution is -2.34. The fraction of sp³-hybridized carbons (Fsp3) is 0.333. The Morgan fingerprint density at radius 3 is 2.55 bits per heavy atom. The molecule has 2 N–H and O–H groups in total. The zero-order valence-corrected chi connectivity index (χ0v) is 11.5. The molecule has 110 valence electrons. The Labute approximate surface area is 120 Å². The summed E-state index contributed by atoms with van der Waals surface area (Å²) in [6, 6.07) is 4.65. The minimum Gasteiger partial charge on any atom is -0.383 e. The van der Waals surface area contributed by atoms with E-state index >= 15 is 0 Å². The Hall–Kier alpha value is -1.67. The maximum Gasteiger partial charge on any atom is 0.416 e. The van der Waals surface area contributed by atoms with Gasteiger partial charge in [-0.15, -0.1) is 0 Å². The molecule has 0 spiro atoms. The molecule has 0 bridgehead atoms. The first-order valence-electron chi connectivity index (χ1n) is 5.66. The Balaban J connectivity index is 2.44. The summed E-state index contributed by atoms with van der Waals surface area (Å²) >= 11 is 4.91. The van der Waals surface area contributed by atoms with Gasteiger partial charge < -0.3 is 10.1 Å². The molecule has 0 heterocycles. The third kappa shape index (κ3) is 5.98. The smallest absolute Gasteiger partial charge is 0.383 e. The fourth-order valence-corrected chi connectivity index (χ4v) is 1.38. The van der Waals surface area contributed by atoms with Crippen LogP contribution in [0.5, 0.6) is 0 Å². The van der Waals surface area contributed by atoms with Crippen LogP contribution >= 0.6 is 12.2 Å². The number of nitrogens with zero attached hydrogens (tertiary/aromatic N) is 1. The van der Waals surface area contributed by atoms with Crippen molar-refractivity contribution < 1.29 is 17.9 Å². The van der Waals surface area contributed by atoms with Crippen molar-refractivity contribution in [2.45, 2.75) is 6.18 Å². The molecule has 0 aromatic heterocycles. The fourth-order valence-electron chi connectivity index (χ4n) is 1.23. The van der Waals surface area contributed by atoms with Crippen molar-refractivity contribution >= 4 is 23.5 Å². The highest BCUT2D eigenvalue weighted by Crippen LogP contribution is 2.28. The number of alkyl halides is 3. The van der Waals surface area contributed by atoms with Crippen molar-refractivity contribution in [2.75, 3.05) is 20.3 Å². The summed E-state index contributed by atoms with van der Waals surface area (Å²) in [5.74, 6) is 0. The lowest BCUT2D eigenvalue weighted by Gasteiger charge is -2.06. The molecule has 0 atom stereocenters. The monoisotopic (exact) mass is 305 g/mol. The van der Waals surface area contributed by atoms with E-state index in [4.69, 9.17) is 17.0 Å². The Morgan fingerprint density at radius 2 is 2.00 bits per heavy atom. The minimum absolute atomic E-state index is 0.310. The van der Waals surface area contributed by atoms with Crippen molar-refractivity contribution in [1.82, 2.24) is 10.7 Å². The molecular formula is C12H14F3N3OS. The predicted octanol–water partition coefficient (Wildman–Crippen LogP) is 2.15. The normalized spacial score (nSPS) is 11.6. The van der Waals surface area contributed by atoms with Crippen LogP contribution < -0.4 is 10.7 Å². The summed E-state index contributed by atoms with van der Waals surface area (Å²) in [6.07, 6.45) is -2.95. The van der Waals surface area contributed by atoms with Gasteiger partial charge in [-0.2, -0.15) is 18.3 Å². The molecule has 1 aromatic rings. The van der Waals surface area contributed by atoms with Gasteiger partial charge in [0.15, 0.2) is 5.11 Å². The van der Waals surface area contributed by atoms with Crippen molar-refractivity contribution in [1.29, 1.82) is 0 Å². The second kappa shape index (κ2) is 7.81. The standard InChI is InChI=1S/C12H14F3N3OS/c1-19-7-6-16-11(20)18-17-8-9-2-4-10(5-3-9)12(13,14)15/h2-5,8H,6-7H2,1H3,(H2,16,18,20)/b17-8-. The average molecular weight is 305 g/mol. The summed E-state index contributed by atoms with van der Waals surface area (Å²) in [4.78, 5) is 0. The second-order valence-corrected chi connectivity index (χ2v) is 4.15. The van der Waals surface area contributed by atoms with E-state index in [9.17, 15) is 13.2 Å². The Morgan fingerprint density at radius 1 is 1.35 bits per heavy atom. The summed E-state index contributed by atoms with van der Waals surface area (Å²) in [6.45, 7) is 1.04. The second-order valence-electron chi connectivity index (χ2n) is 3.74. The third-order valence-corrected chi connectivity index (χ3v) is 2.45. The molecule has 0 aliphatic rings. The number of hydrogen-bond acceptors (Lipinski definition) is 3. The van der Waals surface area contributed by atoms with E-state index in [1.807, 2.05) is 0 Å². The number of thiocarbonyl (C=S) groups is 1. The number of halogens is 3. The predicted molar refractivity (Wildman–Crippen MR) is 74.7 cm³/mol. The molecule has 0 aliphatic carbocycles.